The molecule has 0 saturated carbocycles. The largest absolute Gasteiger partial charge is 0.390 e. The van der Waals surface area contributed by atoms with E-state index in [0.717, 1.165) is 5.57 Å². The number of aliphatic hydroxyl groups is 1. The highest BCUT2D eigenvalue weighted by atomic mass is 32.2. The van der Waals surface area contributed by atoms with E-state index in [-0.39, 0.29) is 11.0 Å². The summed E-state index contributed by atoms with van der Waals surface area (Å²) in [4.78, 5) is 0. The maximum atomic E-state index is 11.6. The van der Waals surface area contributed by atoms with Gasteiger partial charge < -0.3 is 5.11 Å². The fraction of sp³-hybridized carbons (Fsp3) is 0.800. The van der Waals surface area contributed by atoms with Gasteiger partial charge in [-0.3, -0.25) is 0 Å². The first-order chi connectivity index (χ1) is 6.21. The van der Waals surface area contributed by atoms with Crippen molar-refractivity contribution in [1.29, 1.82) is 0 Å². The van der Waals surface area contributed by atoms with Gasteiger partial charge in [0.25, 0.3) is 0 Å². The topological polar surface area (TPSA) is 54.4 Å². The molecule has 1 heterocycles. The minimum Gasteiger partial charge on any atom is -0.390 e. The molecule has 1 aliphatic heterocycles. The number of rotatable bonds is 3. The SMILES string of the molecule is CC1=CC(CCC(C)(C)O)S(=O)(=O)C1. The highest BCUT2D eigenvalue weighted by molar-refractivity contribution is 7.92. The molecular formula is C10H18O3S. The maximum absolute atomic E-state index is 11.6. The first kappa shape index (κ1) is 11.7. The Labute approximate surface area is 85.7 Å². The fourth-order valence-electron chi connectivity index (χ4n) is 1.65. The third-order valence-electron chi connectivity index (χ3n) is 2.40. The molecule has 0 aromatic carbocycles. The first-order valence-electron chi connectivity index (χ1n) is 4.82. The molecule has 0 fully saturated rings. The van der Waals surface area contributed by atoms with Gasteiger partial charge in [0, 0.05) is 0 Å². The summed E-state index contributed by atoms with van der Waals surface area (Å²) in [6, 6.07) is 0. The van der Waals surface area contributed by atoms with Gasteiger partial charge in [-0.2, -0.15) is 0 Å². The minimum absolute atomic E-state index is 0.184. The van der Waals surface area contributed by atoms with Crippen LogP contribution in [0.2, 0.25) is 0 Å². The quantitative estimate of drug-likeness (QED) is 0.726. The average molecular weight is 218 g/mol. The summed E-state index contributed by atoms with van der Waals surface area (Å²) in [6.45, 7) is 5.23. The Balaban J connectivity index is 2.62. The molecule has 1 N–H and O–H groups in total. The molecule has 1 rings (SSSR count). The average Bonchev–Trinajstić information content (AvgIpc) is 2.18. The second-order valence-electron chi connectivity index (χ2n) is 4.71. The summed E-state index contributed by atoms with van der Waals surface area (Å²) >= 11 is 0. The van der Waals surface area contributed by atoms with Crippen molar-refractivity contribution in [2.75, 3.05) is 5.75 Å². The fourth-order valence-corrected chi connectivity index (χ4v) is 3.51. The third kappa shape index (κ3) is 3.10. The second-order valence-corrected chi connectivity index (χ2v) is 6.93. The third-order valence-corrected chi connectivity index (χ3v) is 4.55. The van der Waals surface area contributed by atoms with E-state index in [1.807, 2.05) is 6.92 Å². The summed E-state index contributed by atoms with van der Waals surface area (Å²) in [6.07, 6.45) is 2.84. The van der Waals surface area contributed by atoms with Crippen LogP contribution in [0.3, 0.4) is 0 Å². The van der Waals surface area contributed by atoms with Crippen LogP contribution in [0.25, 0.3) is 0 Å². The summed E-state index contributed by atoms with van der Waals surface area (Å²) in [5, 5.41) is 9.12. The zero-order valence-corrected chi connectivity index (χ0v) is 9.76. The van der Waals surface area contributed by atoms with Crippen molar-refractivity contribution in [1.82, 2.24) is 0 Å². The molecule has 1 atom stereocenters. The molecule has 1 unspecified atom stereocenters. The van der Waals surface area contributed by atoms with Crippen LogP contribution in [0.1, 0.15) is 33.6 Å². The molecule has 0 saturated heterocycles. The first-order valence-corrected chi connectivity index (χ1v) is 6.53. The molecule has 14 heavy (non-hydrogen) atoms. The van der Waals surface area contributed by atoms with Gasteiger partial charge in [-0.15, -0.1) is 0 Å². The molecule has 0 aromatic rings. The molecule has 3 nitrogen and oxygen atoms in total. The van der Waals surface area contributed by atoms with E-state index in [1.54, 1.807) is 19.9 Å². The van der Waals surface area contributed by atoms with Crippen molar-refractivity contribution in [2.45, 2.75) is 44.5 Å². The Bertz CT molecular complexity index is 333. The lowest BCUT2D eigenvalue weighted by molar-refractivity contribution is 0.0694. The second kappa shape index (κ2) is 3.66. The Morgan fingerprint density at radius 1 is 1.57 bits per heavy atom. The lowest BCUT2D eigenvalue weighted by Crippen LogP contribution is -2.24. The summed E-state index contributed by atoms with van der Waals surface area (Å²) in [5.41, 5.74) is 0.144. The van der Waals surface area contributed by atoms with Gasteiger partial charge in [-0.05, 0) is 33.6 Å². The Hall–Kier alpha value is -0.350. The van der Waals surface area contributed by atoms with E-state index in [4.69, 9.17) is 0 Å². The van der Waals surface area contributed by atoms with Crippen LogP contribution in [0.15, 0.2) is 11.6 Å². The van der Waals surface area contributed by atoms with Gasteiger partial charge in [-0.1, -0.05) is 11.6 Å². The zero-order chi connectivity index (χ0) is 11.0. The van der Waals surface area contributed by atoms with Crippen LogP contribution in [0.5, 0.6) is 0 Å². The van der Waals surface area contributed by atoms with Crippen molar-refractivity contribution in [3.63, 3.8) is 0 Å². The van der Waals surface area contributed by atoms with Crippen molar-refractivity contribution in [3.8, 4) is 0 Å². The van der Waals surface area contributed by atoms with Crippen molar-refractivity contribution >= 4 is 9.84 Å². The van der Waals surface area contributed by atoms with Crippen LogP contribution < -0.4 is 0 Å². The standard InChI is InChI=1S/C10H18O3S/c1-8-6-9(14(12,13)7-8)4-5-10(2,3)11/h6,9,11H,4-5,7H2,1-3H3. The number of hydrogen-bond acceptors (Lipinski definition) is 3. The van der Waals surface area contributed by atoms with Gasteiger partial charge in [0.15, 0.2) is 9.84 Å². The summed E-state index contributed by atoms with van der Waals surface area (Å²) < 4.78 is 23.1. The van der Waals surface area contributed by atoms with Gasteiger partial charge in [0.05, 0.1) is 16.6 Å². The normalized spacial score (nSPS) is 26.3. The van der Waals surface area contributed by atoms with Crippen LogP contribution in [0, 0.1) is 0 Å². The Kier molecular flexibility index (Phi) is 3.07. The van der Waals surface area contributed by atoms with Crippen LogP contribution in [0.4, 0.5) is 0 Å². The summed E-state index contributed by atoms with van der Waals surface area (Å²) in [5.74, 6) is 0.184. The van der Waals surface area contributed by atoms with E-state index in [1.165, 1.54) is 0 Å². The number of hydrogen-bond donors (Lipinski definition) is 1. The molecule has 82 valence electrons. The van der Waals surface area contributed by atoms with Crippen molar-refractivity contribution < 1.29 is 13.5 Å². The Morgan fingerprint density at radius 3 is 2.50 bits per heavy atom. The monoisotopic (exact) mass is 218 g/mol. The van der Waals surface area contributed by atoms with E-state index in [2.05, 4.69) is 0 Å². The van der Waals surface area contributed by atoms with Gasteiger partial charge in [-0.25, -0.2) is 8.42 Å². The predicted molar refractivity (Wildman–Crippen MR) is 56.9 cm³/mol. The minimum atomic E-state index is -2.96. The molecule has 0 aromatic heterocycles. The van der Waals surface area contributed by atoms with Crippen LogP contribution in [-0.4, -0.2) is 30.1 Å². The lowest BCUT2D eigenvalue weighted by atomic mass is 10.0. The van der Waals surface area contributed by atoms with E-state index in [9.17, 15) is 13.5 Å². The highest BCUT2D eigenvalue weighted by Gasteiger charge is 2.30. The molecule has 0 bridgehead atoms. The molecule has 0 amide bonds. The lowest BCUT2D eigenvalue weighted by Gasteiger charge is -2.18. The molecule has 1 aliphatic rings. The molecule has 0 aliphatic carbocycles. The smallest absolute Gasteiger partial charge is 0.160 e. The molecular weight excluding hydrogens is 200 g/mol. The van der Waals surface area contributed by atoms with Gasteiger partial charge in [0.1, 0.15) is 0 Å². The maximum Gasteiger partial charge on any atom is 0.160 e. The van der Waals surface area contributed by atoms with Gasteiger partial charge in [0.2, 0.25) is 0 Å². The van der Waals surface area contributed by atoms with E-state index < -0.39 is 15.4 Å². The van der Waals surface area contributed by atoms with Crippen molar-refractivity contribution in [3.05, 3.63) is 11.6 Å². The van der Waals surface area contributed by atoms with Crippen molar-refractivity contribution in [2.24, 2.45) is 0 Å². The van der Waals surface area contributed by atoms with Gasteiger partial charge >= 0.3 is 0 Å². The summed E-state index contributed by atoms with van der Waals surface area (Å²) in [7, 11) is -2.96. The van der Waals surface area contributed by atoms with E-state index in [0.29, 0.717) is 12.8 Å². The zero-order valence-electron chi connectivity index (χ0n) is 8.95. The Morgan fingerprint density at radius 2 is 2.14 bits per heavy atom. The van der Waals surface area contributed by atoms with Crippen LogP contribution in [-0.2, 0) is 9.84 Å². The van der Waals surface area contributed by atoms with E-state index >= 15 is 0 Å². The molecule has 0 spiro atoms. The molecule has 0 radical (unpaired) electrons. The van der Waals surface area contributed by atoms with Crippen LogP contribution >= 0.6 is 0 Å². The molecule has 4 heteroatoms. The number of sulfone groups is 1. The highest BCUT2D eigenvalue weighted by Crippen LogP contribution is 2.25. The predicted octanol–water partition coefficient (Wildman–Crippen LogP) is 1.28.